The lowest BCUT2D eigenvalue weighted by molar-refractivity contribution is 0.143. The molecule has 3 rings (SSSR count). The van der Waals surface area contributed by atoms with Gasteiger partial charge in [0.1, 0.15) is 28.5 Å². The molecule has 2 nitrogen and oxygen atoms in total. The van der Waals surface area contributed by atoms with Crippen molar-refractivity contribution in [1.29, 1.82) is 0 Å². The zero-order chi connectivity index (χ0) is 15.5. The van der Waals surface area contributed by atoms with Crippen molar-refractivity contribution in [3.8, 4) is 5.75 Å². The van der Waals surface area contributed by atoms with Gasteiger partial charge in [-0.15, -0.1) is 0 Å². The smallest absolute Gasteiger partial charge is 0.148 e. The van der Waals surface area contributed by atoms with Gasteiger partial charge in [0.15, 0.2) is 0 Å². The molecule has 1 N–H and O–H groups in total. The van der Waals surface area contributed by atoms with Crippen molar-refractivity contribution in [2.24, 2.45) is 5.92 Å². The predicted octanol–water partition coefficient (Wildman–Crippen LogP) is 4.35. The topological polar surface area (TPSA) is 21.3 Å². The van der Waals surface area contributed by atoms with Gasteiger partial charge in [0.25, 0.3) is 0 Å². The molecule has 5 heteroatoms. The number of benzene rings is 2. The van der Waals surface area contributed by atoms with Gasteiger partial charge in [0, 0.05) is 24.6 Å². The van der Waals surface area contributed by atoms with Gasteiger partial charge < -0.3 is 10.1 Å². The van der Waals surface area contributed by atoms with E-state index in [0.29, 0.717) is 0 Å². The second-order valence-corrected chi connectivity index (χ2v) is 5.78. The van der Waals surface area contributed by atoms with E-state index in [-0.39, 0.29) is 22.8 Å². The Morgan fingerprint density at radius 1 is 1.18 bits per heavy atom. The number of halogens is 3. The summed E-state index contributed by atoms with van der Waals surface area (Å²) in [7, 11) is 0. The summed E-state index contributed by atoms with van der Waals surface area (Å²) >= 11 is 5.92. The fourth-order valence-electron chi connectivity index (χ4n) is 2.77. The van der Waals surface area contributed by atoms with Gasteiger partial charge >= 0.3 is 0 Å². The molecule has 1 aliphatic heterocycles. The van der Waals surface area contributed by atoms with E-state index in [4.69, 9.17) is 16.3 Å². The molecule has 0 amide bonds. The monoisotopic (exact) mass is 323 g/mol. The third-order valence-corrected chi connectivity index (χ3v) is 4.24. The zero-order valence-corrected chi connectivity index (χ0v) is 12.6. The van der Waals surface area contributed by atoms with Crippen LogP contribution >= 0.6 is 11.6 Å². The summed E-state index contributed by atoms with van der Waals surface area (Å²) in [6.45, 7) is 1.71. The Kier molecular flexibility index (Phi) is 4.60. The highest BCUT2D eigenvalue weighted by Gasteiger charge is 2.29. The number of nitrogens with one attached hydrogen (secondary N) is 1. The van der Waals surface area contributed by atoms with E-state index in [1.54, 1.807) is 0 Å². The van der Waals surface area contributed by atoms with E-state index in [1.165, 1.54) is 0 Å². The molecule has 2 aromatic rings. The summed E-state index contributed by atoms with van der Waals surface area (Å²) in [4.78, 5) is 0. The van der Waals surface area contributed by atoms with Crippen molar-refractivity contribution in [2.75, 3.05) is 13.1 Å². The molecule has 0 unspecified atom stereocenters. The average molecular weight is 324 g/mol. The van der Waals surface area contributed by atoms with E-state index < -0.39 is 11.6 Å². The average Bonchev–Trinajstić information content (AvgIpc) is 3.04. The van der Waals surface area contributed by atoms with Crippen molar-refractivity contribution in [1.82, 2.24) is 5.32 Å². The zero-order valence-electron chi connectivity index (χ0n) is 11.9. The molecule has 1 aliphatic rings. The second kappa shape index (κ2) is 6.63. The van der Waals surface area contributed by atoms with Crippen LogP contribution in [-0.2, 0) is 0 Å². The molecule has 1 fully saturated rings. The number of hydrogen-bond acceptors (Lipinski definition) is 2. The quantitative estimate of drug-likeness (QED) is 0.845. The maximum atomic E-state index is 13.6. The number of rotatable bonds is 4. The largest absolute Gasteiger partial charge is 0.484 e. The third kappa shape index (κ3) is 3.23. The van der Waals surface area contributed by atoms with Crippen molar-refractivity contribution in [2.45, 2.75) is 12.5 Å². The third-order valence-electron chi connectivity index (χ3n) is 3.87. The fraction of sp³-hybridized carbons (Fsp3) is 0.294. The minimum atomic E-state index is -0.812. The Morgan fingerprint density at radius 3 is 2.64 bits per heavy atom. The van der Waals surface area contributed by atoms with E-state index in [2.05, 4.69) is 5.32 Å². The van der Waals surface area contributed by atoms with Gasteiger partial charge in [0.05, 0.1) is 0 Å². The summed E-state index contributed by atoms with van der Waals surface area (Å²) in [5.41, 5.74) is 0.969. The predicted molar refractivity (Wildman–Crippen MR) is 82.2 cm³/mol. The van der Waals surface area contributed by atoms with Gasteiger partial charge in [-0.3, -0.25) is 0 Å². The molecule has 2 atom stereocenters. The lowest BCUT2D eigenvalue weighted by Gasteiger charge is -2.25. The molecule has 116 valence electrons. The molecule has 0 radical (unpaired) electrons. The molecule has 0 saturated carbocycles. The molecule has 0 aromatic heterocycles. The minimum absolute atomic E-state index is 0.0416. The first-order chi connectivity index (χ1) is 10.6. The molecular weight excluding hydrogens is 308 g/mol. The number of ether oxygens (including phenoxy) is 1. The fourth-order valence-corrected chi connectivity index (χ4v) is 2.92. The lowest BCUT2D eigenvalue weighted by Crippen LogP contribution is -2.21. The first-order valence-electron chi connectivity index (χ1n) is 7.22. The maximum Gasteiger partial charge on any atom is 0.148 e. The van der Waals surface area contributed by atoms with Crippen LogP contribution in [0.25, 0.3) is 0 Å². The SMILES string of the molecule is Fc1cc(F)c(Cl)c(O[C@@H](c2ccccc2)[C@H]2CCNC2)c1. The van der Waals surface area contributed by atoms with Crippen LogP contribution in [-0.4, -0.2) is 13.1 Å². The molecule has 0 spiro atoms. The standard InChI is InChI=1S/C17H16ClF2NO/c18-16-14(20)8-13(19)9-15(16)22-17(12-6-7-21-10-12)11-4-2-1-3-5-11/h1-5,8-9,12,17,21H,6-7,10H2/t12-,17-/m0/s1. The van der Waals surface area contributed by atoms with Gasteiger partial charge in [-0.25, -0.2) is 8.78 Å². The van der Waals surface area contributed by atoms with Crippen molar-refractivity contribution in [3.05, 3.63) is 64.7 Å². The van der Waals surface area contributed by atoms with Gasteiger partial charge in [-0.05, 0) is 18.5 Å². The van der Waals surface area contributed by atoms with Gasteiger partial charge in [-0.1, -0.05) is 41.9 Å². The van der Waals surface area contributed by atoms with Crippen LogP contribution in [0.15, 0.2) is 42.5 Å². The van der Waals surface area contributed by atoms with E-state index in [9.17, 15) is 8.78 Å². The first-order valence-corrected chi connectivity index (χ1v) is 7.60. The van der Waals surface area contributed by atoms with Crippen molar-refractivity contribution in [3.63, 3.8) is 0 Å². The second-order valence-electron chi connectivity index (χ2n) is 5.40. The van der Waals surface area contributed by atoms with Crippen LogP contribution in [0.1, 0.15) is 18.1 Å². The van der Waals surface area contributed by atoms with Crippen LogP contribution in [0.4, 0.5) is 8.78 Å². The molecule has 2 aromatic carbocycles. The molecule has 0 aliphatic carbocycles. The number of hydrogen-bond donors (Lipinski definition) is 1. The molecule has 1 heterocycles. The summed E-state index contributed by atoms with van der Waals surface area (Å²) in [6.07, 6.45) is 0.643. The Bertz CT molecular complexity index is 645. The van der Waals surface area contributed by atoms with Gasteiger partial charge in [0.2, 0.25) is 0 Å². The maximum absolute atomic E-state index is 13.6. The van der Waals surface area contributed by atoms with Crippen LogP contribution in [0.2, 0.25) is 5.02 Å². The van der Waals surface area contributed by atoms with E-state index in [1.807, 2.05) is 30.3 Å². The highest BCUT2D eigenvalue weighted by atomic mass is 35.5. The highest BCUT2D eigenvalue weighted by Crippen LogP contribution is 2.36. The summed E-state index contributed by atoms with van der Waals surface area (Å²) < 4.78 is 33.0. The Balaban J connectivity index is 1.93. The van der Waals surface area contributed by atoms with Gasteiger partial charge in [-0.2, -0.15) is 0 Å². The van der Waals surface area contributed by atoms with Crippen LogP contribution in [0.5, 0.6) is 5.75 Å². The molecule has 22 heavy (non-hydrogen) atoms. The molecular formula is C17H16ClF2NO. The lowest BCUT2D eigenvalue weighted by atomic mass is 9.95. The van der Waals surface area contributed by atoms with E-state index >= 15 is 0 Å². The normalized spacial score (nSPS) is 19.1. The molecule has 1 saturated heterocycles. The minimum Gasteiger partial charge on any atom is -0.484 e. The Labute approximate surface area is 133 Å². The first kappa shape index (κ1) is 15.3. The summed E-state index contributed by atoms with van der Waals surface area (Å²) in [5, 5.41) is 3.10. The Hall–Kier alpha value is -1.65. The van der Waals surface area contributed by atoms with Crippen LogP contribution in [0, 0.1) is 17.6 Å². The highest BCUT2D eigenvalue weighted by molar-refractivity contribution is 6.32. The summed E-state index contributed by atoms with van der Waals surface area (Å²) in [6, 6.07) is 11.5. The molecule has 0 bridgehead atoms. The summed E-state index contributed by atoms with van der Waals surface area (Å²) in [5.74, 6) is -1.24. The van der Waals surface area contributed by atoms with Crippen molar-refractivity contribution < 1.29 is 13.5 Å². The van der Waals surface area contributed by atoms with Crippen molar-refractivity contribution >= 4 is 11.6 Å². The van der Waals surface area contributed by atoms with Crippen LogP contribution in [0.3, 0.4) is 0 Å². The van der Waals surface area contributed by atoms with E-state index in [0.717, 1.165) is 37.2 Å². The van der Waals surface area contributed by atoms with Crippen LogP contribution < -0.4 is 10.1 Å². The Morgan fingerprint density at radius 2 is 1.95 bits per heavy atom.